The summed E-state index contributed by atoms with van der Waals surface area (Å²) in [6, 6.07) is 0. The SMILES string of the molecule is O=C=NCC1CCC(CN=C=O)(C2CCCCC2)CC1. The van der Waals surface area contributed by atoms with Crippen LogP contribution in [0.2, 0.25) is 0 Å². The fourth-order valence-corrected chi connectivity index (χ4v) is 4.20. The smallest absolute Gasteiger partial charge is 0.211 e. The molecule has 0 unspecified atom stereocenters. The average molecular weight is 276 g/mol. The zero-order chi connectivity index (χ0) is 14.3. The molecule has 0 atom stereocenters. The molecule has 0 spiro atoms. The van der Waals surface area contributed by atoms with E-state index < -0.39 is 0 Å². The van der Waals surface area contributed by atoms with E-state index in [-0.39, 0.29) is 5.41 Å². The van der Waals surface area contributed by atoms with E-state index in [0.29, 0.717) is 24.9 Å². The van der Waals surface area contributed by atoms with Gasteiger partial charge in [0.25, 0.3) is 0 Å². The molecule has 0 bridgehead atoms. The standard InChI is InChI=1S/C16H24N2O2/c19-12-17-10-14-6-8-16(9-7-14,11-18-13-20)15-4-2-1-3-5-15/h14-15H,1-11H2. The number of nitrogens with zero attached hydrogens (tertiary/aromatic N) is 2. The van der Waals surface area contributed by atoms with E-state index in [1.807, 2.05) is 0 Å². The van der Waals surface area contributed by atoms with Crippen LogP contribution in [0.3, 0.4) is 0 Å². The first kappa shape index (κ1) is 15.2. The van der Waals surface area contributed by atoms with Gasteiger partial charge in [-0.25, -0.2) is 19.6 Å². The molecule has 0 aromatic carbocycles. The summed E-state index contributed by atoms with van der Waals surface area (Å²) in [6.45, 7) is 1.26. The Hall–Kier alpha value is -1.24. The Kier molecular flexibility index (Phi) is 5.70. The molecule has 20 heavy (non-hydrogen) atoms. The molecule has 2 saturated carbocycles. The number of hydrogen-bond acceptors (Lipinski definition) is 4. The van der Waals surface area contributed by atoms with Crippen LogP contribution in [0.4, 0.5) is 0 Å². The quantitative estimate of drug-likeness (QED) is 0.570. The molecule has 4 nitrogen and oxygen atoms in total. The highest BCUT2D eigenvalue weighted by atomic mass is 16.1. The van der Waals surface area contributed by atoms with Gasteiger partial charge in [0.1, 0.15) is 0 Å². The van der Waals surface area contributed by atoms with Crippen molar-refractivity contribution < 1.29 is 9.59 Å². The number of isocyanates is 2. The van der Waals surface area contributed by atoms with Crippen molar-refractivity contribution in [3.63, 3.8) is 0 Å². The number of aliphatic imine (C=N–C) groups is 2. The van der Waals surface area contributed by atoms with E-state index in [2.05, 4.69) is 9.98 Å². The van der Waals surface area contributed by atoms with E-state index >= 15 is 0 Å². The zero-order valence-corrected chi connectivity index (χ0v) is 12.1. The third kappa shape index (κ3) is 3.65. The molecule has 2 rings (SSSR count). The van der Waals surface area contributed by atoms with Crippen molar-refractivity contribution in [2.24, 2.45) is 27.2 Å². The molecule has 110 valence electrons. The van der Waals surface area contributed by atoms with Crippen LogP contribution in [-0.2, 0) is 9.59 Å². The summed E-state index contributed by atoms with van der Waals surface area (Å²) in [5.74, 6) is 1.22. The van der Waals surface area contributed by atoms with E-state index in [0.717, 1.165) is 25.7 Å². The highest BCUT2D eigenvalue weighted by Crippen LogP contribution is 2.49. The molecule has 0 aromatic rings. The van der Waals surface area contributed by atoms with Crippen LogP contribution in [-0.4, -0.2) is 25.2 Å². The maximum atomic E-state index is 10.5. The molecule has 0 radical (unpaired) electrons. The molecule has 2 aliphatic carbocycles. The average Bonchev–Trinajstić information content (AvgIpc) is 2.53. The second-order valence-corrected chi connectivity index (χ2v) is 6.48. The summed E-state index contributed by atoms with van der Waals surface area (Å²) in [7, 11) is 0. The Balaban J connectivity index is 2.01. The lowest BCUT2D eigenvalue weighted by molar-refractivity contribution is 0.0590. The summed E-state index contributed by atoms with van der Waals surface area (Å²) < 4.78 is 0. The van der Waals surface area contributed by atoms with E-state index in [1.54, 1.807) is 12.2 Å². The Morgan fingerprint density at radius 3 is 2.15 bits per heavy atom. The van der Waals surface area contributed by atoms with Crippen LogP contribution in [0.1, 0.15) is 57.8 Å². The molecular formula is C16H24N2O2. The van der Waals surface area contributed by atoms with Gasteiger partial charge in [-0.3, -0.25) is 0 Å². The van der Waals surface area contributed by atoms with Gasteiger partial charge in [-0.05, 0) is 55.8 Å². The summed E-state index contributed by atoms with van der Waals surface area (Å²) in [5.41, 5.74) is 0.208. The van der Waals surface area contributed by atoms with Gasteiger partial charge in [-0.1, -0.05) is 19.3 Å². The lowest BCUT2D eigenvalue weighted by Gasteiger charge is -2.46. The summed E-state index contributed by atoms with van der Waals surface area (Å²) >= 11 is 0. The number of carbonyl (C=O) groups excluding carboxylic acids is 2. The van der Waals surface area contributed by atoms with Gasteiger partial charge in [0.05, 0.1) is 13.1 Å². The third-order valence-corrected chi connectivity index (χ3v) is 5.44. The van der Waals surface area contributed by atoms with E-state index in [9.17, 15) is 9.59 Å². The van der Waals surface area contributed by atoms with Crippen molar-refractivity contribution in [3.05, 3.63) is 0 Å². The van der Waals surface area contributed by atoms with Gasteiger partial charge in [0, 0.05) is 0 Å². The molecule has 4 heteroatoms. The van der Waals surface area contributed by atoms with E-state index in [1.165, 1.54) is 32.1 Å². The van der Waals surface area contributed by atoms with Crippen LogP contribution < -0.4 is 0 Å². The molecule has 2 fully saturated rings. The first-order chi connectivity index (χ1) is 9.80. The number of rotatable bonds is 5. The Labute approximate surface area is 120 Å². The molecule has 0 amide bonds. The van der Waals surface area contributed by atoms with Crippen molar-refractivity contribution in [1.82, 2.24) is 0 Å². The molecule has 0 N–H and O–H groups in total. The van der Waals surface area contributed by atoms with Crippen LogP contribution in [0.25, 0.3) is 0 Å². The molecule has 0 saturated heterocycles. The van der Waals surface area contributed by atoms with Gasteiger partial charge in [0.2, 0.25) is 12.2 Å². The lowest BCUT2D eigenvalue weighted by Crippen LogP contribution is -2.39. The zero-order valence-electron chi connectivity index (χ0n) is 12.1. The van der Waals surface area contributed by atoms with Crippen molar-refractivity contribution in [2.75, 3.05) is 13.1 Å². The minimum atomic E-state index is 0.208. The summed E-state index contributed by atoms with van der Waals surface area (Å²) in [5, 5.41) is 0. The topological polar surface area (TPSA) is 58.9 Å². The number of hydrogen-bond donors (Lipinski definition) is 0. The maximum Gasteiger partial charge on any atom is 0.234 e. The fraction of sp³-hybridized carbons (Fsp3) is 0.875. The van der Waals surface area contributed by atoms with Gasteiger partial charge >= 0.3 is 0 Å². The second kappa shape index (κ2) is 7.52. The first-order valence-electron chi connectivity index (χ1n) is 7.88. The maximum absolute atomic E-state index is 10.5. The van der Waals surface area contributed by atoms with Crippen LogP contribution in [0, 0.1) is 17.3 Å². The van der Waals surface area contributed by atoms with Gasteiger partial charge in [-0.15, -0.1) is 0 Å². The first-order valence-corrected chi connectivity index (χ1v) is 7.88. The molecule has 0 aromatic heterocycles. The molecule has 2 aliphatic rings. The largest absolute Gasteiger partial charge is 0.234 e. The molecule has 0 aliphatic heterocycles. The monoisotopic (exact) mass is 276 g/mol. The highest BCUT2D eigenvalue weighted by Gasteiger charge is 2.41. The van der Waals surface area contributed by atoms with E-state index in [4.69, 9.17) is 0 Å². The Morgan fingerprint density at radius 2 is 1.55 bits per heavy atom. The predicted molar refractivity (Wildman–Crippen MR) is 76.9 cm³/mol. The van der Waals surface area contributed by atoms with Crippen LogP contribution in [0.15, 0.2) is 9.98 Å². The van der Waals surface area contributed by atoms with Crippen molar-refractivity contribution in [3.8, 4) is 0 Å². The molecule has 0 heterocycles. The van der Waals surface area contributed by atoms with Gasteiger partial charge in [0.15, 0.2) is 0 Å². The van der Waals surface area contributed by atoms with Gasteiger partial charge in [-0.2, -0.15) is 0 Å². The molecular weight excluding hydrogens is 252 g/mol. The Bertz CT molecular complexity index is 395. The van der Waals surface area contributed by atoms with Gasteiger partial charge < -0.3 is 0 Å². The van der Waals surface area contributed by atoms with Crippen LogP contribution in [0.5, 0.6) is 0 Å². The van der Waals surface area contributed by atoms with Crippen molar-refractivity contribution in [2.45, 2.75) is 57.8 Å². The summed E-state index contributed by atoms with van der Waals surface area (Å²) in [4.78, 5) is 28.4. The third-order valence-electron chi connectivity index (χ3n) is 5.44. The lowest BCUT2D eigenvalue weighted by atomic mass is 9.60. The minimum absolute atomic E-state index is 0.208. The predicted octanol–water partition coefficient (Wildman–Crippen LogP) is 3.41. The van der Waals surface area contributed by atoms with Crippen LogP contribution >= 0.6 is 0 Å². The normalized spacial score (nSPS) is 31.1. The highest BCUT2D eigenvalue weighted by molar-refractivity contribution is 5.33. The minimum Gasteiger partial charge on any atom is -0.211 e. The Morgan fingerprint density at radius 1 is 0.900 bits per heavy atom. The van der Waals surface area contributed by atoms with Crippen molar-refractivity contribution in [1.29, 1.82) is 0 Å². The fourth-order valence-electron chi connectivity index (χ4n) is 4.20. The summed E-state index contributed by atoms with van der Waals surface area (Å²) in [6.07, 6.45) is 14.3. The second-order valence-electron chi connectivity index (χ2n) is 6.48. The van der Waals surface area contributed by atoms with Crippen molar-refractivity contribution >= 4 is 12.2 Å².